The molecule has 2 aromatic rings. The lowest BCUT2D eigenvalue weighted by atomic mass is 10.3. The maximum Gasteiger partial charge on any atom is 0.337 e. The average molecular weight is 428 g/mol. The molecule has 0 aliphatic carbocycles. The average Bonchev–Trinajstić information content (AvgIpc) is 2.59. The van der Waals surface area contributed by atoms with Gasteiger partial charge in [0.05, 0.1) is 0 Å². The fourth-order valence-electron chi connectivity index (χ4n) is 2.27. The monoisotopic (exact) mass is 427 g/mol. The molecule has 0 fully saturated rings. The van der Waals surface area contributed by atoms with Gasteiger partial charge in [-0.1, -0.05) is 12.1 Å². The Balaban J connectivity index is 2.41. The lowest BCUT2D eigenvalue weighted by Gasteiger charge is -2.18. The quantitative estimate of drug-likeness (QED) is 0.749. The third-order valence-electron chi connectivity index (χ3n) is 3.69. The lowest BCUT2D eigenvalue weighted by molar-refractivity contribution is 0.252. The summed E-state index contributed by atoms with van der Waals surface area (Å²) in [5.41, 5.74) is 1.21. The van der Waals surface area contributed by atoms with Crippen LogP contribution in [0.2, 0.25) is 0 Å². The van der Waals surface area contributed by atoms with Crippen molar-refractivity contribution in [2.24, 2.45) is 0 Å². The first-order chi connectivity index (χ1) is 12.9. The number of hydrogen-bond acceptors (Lipinski definition) is 7. The largest absolute Gasteiger partial charge is 0.337 e. The van der Waals surface area contributed by atoms with Crippen LogP contribution in [0.1, 0.15) is 11.4 Å². The molecule has 0 spiro atoms. The molecule has 2 rings (SSSR count). The predicted octanol–water partition coefficient (Wildman–Crippen LogP) is 0.878. The summed E-state index contributed by atoms with van der Waals surface area (Å²) in [4.78, 5) is 20.6. The number of anilines is 1. The second kappa shape index (κ2) is 7.81. The number of carbonyl (C=O) groups excluding carboxylic acids is 1. The Bertz CT molecular complexity index is 1090. The van der Waals surface area contributed by atoms with Crippen LogP contribution >= 0.6 is 0 Å². The van der Waals surface area contributed by atoms with Crippen molar-refractivity contribution < 1.29 is 21.6 Å². The third kappa shape index (κ3) is 4.46. The Morgan fingerprint density at radius 1 is 0.929 bits per heavy atom. The molecule has 12 heteroatoms. The summed E-state index contributed by atoms with van der Waals surface area (Å²) in [6.07, 6.45) is 0. The van der Waals surface area contributed by atoms with Gasteiger partial charge in [0.2, 0.25) is 16.0 Å². The molecule has 2 amide bonds. The number of benzene rings is 1. The molecular weight excluding hydrogens is 406 g/mol. The second-order valence-electron chi connectivity index (χ2n) is 6.15. The van der Waals surface area contributed by atoms with Crippen LogP contribution in [-0.4, -0.2) is 58.3 Å². The highest BCUT2D eigenvalue weighted by molar-refractivity contribution is 7.92. The van der Waals surface area contributed by atoms with Crippen molar-refractivity contribution in [2.45, 2.75) is 23.6 Å². The fraction of sp³-hybridized carbons (Fsp3) is 0.312. The maximum absolute atomic E-state index is 12.7. The van der Waals surface area contributed by atoms with E-state index in [1.807, 2.05) is 4.72 Å². The van der Waals surface area contributed by atoms with Gasteiger partial charge in [-0.05, 0) is 32.0 Å². The SMILES string of the molecule is Cc1cc(C)nc(N(C)C(=O)NS(=O)(=O)c2ccccc2S(=O)(=O)N(C)C)n1. The molecule has 1 aromatic heterocycles. The van der Waals surface area contributed by atoms with E-state index >= 15 is 0 Å². The van der Waals surface area contributed by atoms with E-state index < -0.39 is 35.9 Å². The van der Waals surface area contributed by atoms with Gasteiger partial charge >= 0.3 is 6.03 Å². The summed E-state index contributed by atoms with van der Waals surface area (Å²) in [6, 6.07) is 5.71. The van der Waals surface area contributed by atoms with Gasteiger partial charge in [-0.2, -0.15) is 0 Å². The zero-order valence-electron chi connectivity index (χ0n) is 16.0. The van der Waals surface area contributed by atoms with E-state index in [2.05, 4.69) is 9.97 Å². The number of rotatable bonds is 5. The van der Waals surface area contributed by atoms with Crippen molar-refractivity contribution in [1.29, 1.82) is 0 Å². The maximum atomic E-state index is 12.7. The summed E-state index contributed by atoms with van der Waals surface area (Å²) in [6.45, 7) is 3.42. The zero-order valence-corrected chi connectivity index (χ0v) is 17.7. The Hall–Kier alpha value is -2.57. The van der Waals surface area contributed by atoms with Crippen LogP contribution in [0.5, 0.6) is 0 Å². The first kappa shape index (κ1) is 21.7. The molecule has 0 saturated carbocycles. The number of aromatic nitrogens is 2. The molecule has 0 saturated heterocycles. The third-order valence-corrected chi connectivity index (χ3v) is 7.07. The summed E-state index contributed by atoms with van der Waals surface area (Å²) >= 11 is 0. The van der Waals surface area contributed by atoms with E-state index in [9.17, 15) is 21.6 Å². The van der Waals surface area contributed by atoms with Crippen molar-refractivity contribution >= 4 is 32.0 Å². The van der Waals surface area contributed by atoms with Gasteiger partial charge in [0, 0.05) is 32.5 Å². The van der Waals surface area contributed by atoms with Gasteiger partial charge in [-0.25, -0.2) is 40.6 Å². The molecule has 1 aromatic carbocycles. The van der Waals surface area contributed by atoms with E-state index in [0.717, 1.165) is 21.3 Å². The van der Waals surface area contributed by atoms with E-state index in [1.165, 1.54) is 33.3 Å². The van der Waals surface area contributed by atoms with Crippen molar-refractivity contribution in [1.82, 2.24) is 19.0 Å². The smallest absolute Gasteiger partial charge is 0.265 e. The minimum Gasteiger partial charge on any atom is -0.265 e. The summed E-state index contributed by atoms with van der Waals surface area (Å²) in [5.74, 6) is 0.0133. The van der Waals surface area contributed by atoms with E-state index in [0.29, 0.717) is 11.4 Å². The number of sulfonamides is 2. The van der Waals surface area contributed by atoms with Crippen LogP contribution < -0.4 is 9.62 Å². The molecule has 0 atom stereocenters. The van der Waals surface area contributed by atoms with Gasteiger partial charge in [0.15, 0.2) is 0 Å². The first-order valence-corrected chi connectivity index (χ1v) is 10.9. The molecule has 0 bridgehead atoms. The van der Waals surface area contributed by atoms with Crippen molar-refractivity contribution in [3.8, 4) is 0 Å². The summed E-state index contributed by atoms with van der Waals surface area (Å²) in [7, 11) is -4.66. The molecule has 0 radical (unpaired) electrons. The molecule has 0 unspecified atom stereocenters. The molecule has 0 aliphatic rings. The van der Waals surface area contributed by atoms with Crippen LogP contribution in [0, 0.1) is 13.8 Å². The van der Waals surface area contributed by atoms with E-state index in [-0.39, 0.29) is 5.95 Å². The zero-order chi connectivity index (χ0) is 21.3. The number of hydrogen-bond donors (Lipinski definition) is 1. The van der Waals surface area contributed by atoms with Crippen molar-refractivity contribution in [2.75, 3.05) is 26.0 Å². The van der Waals surface area contributed by atoms with Crippen LogP contribution in [0.25, 0.3) is 0 Å². The van der Waals surface area contributed by atoms with Gasteiger partial charge in [0.1, 0.15) is 9.79 Å². The first-order valence-electron chi connectivity index (χ1n) is 8.00. The van der Waals surface area contributed by atoms with Gasteiger partial charge in [-0.3, -0.25) is 4.90 Å². The Morgan fingerprint density at radius 3 is 1.93 bits per heavy atom. The van der Waals surface area contributed by atoms with Crippen LogP contribution in [0.15, 0.2) is 40.1 Å². The number of nitrogens with one attached hydrogen (secondary N) is 1. The highest BCUT2D eigenvalue weighted by Crippen LogP contribution is 2.23. The minimum absolute atomic E-state index is 0.0133. The Kier molecular flexibility index (Phi) is 6.06. The molecular formula is C16H21N5O5S2. The van der Waals surface area contributed by atoms with Crippen LogP contribution in [0.4, 0.5) is 10.7 Å². The van der Waals surface area contributed by atoms with Crippen LogP contribution in [-0.2, 0) is 20.0 Å². The number of carbonyl (C=O) groups is 1. The number of nitrogens with zero attached hydrogens (tertiary/aromatic N) is 4. The number of amides is 2. The highest BCUT2D eigenvalue weighted by Gasteiger charge is 2.30. The highest BCUT2D eigenvalue weighted by atomic mass is 32.2. The Morgan fingerprint density at radius 2 is 1.43 bits per heavy atom. The minimum atomic E-state index is -4.48. The summed E-state index contributed by atoms with van der Waals surface area (Å²) < 4.78 is 53.1. The molecule has 10 nitrogen and oxygen atoms in total. The van der Waals surface area contributed by atoms with E-state index in [4.69, 9.17) is 0 Å². The lowest BCUT2D eigenvalue weighted by Crippen LogP contribution is -2.42. The standard InChI is InChI=1S/C16H21N5O5S2/c1-11-10-12(2)18-15(17-11)21(5)16(22)19-27(23,24)13-8-6-7-9-14(13)28(25,26)20(3)4/h6-10H,1-5H3,(H,19,22). The topological polar surface area (TPSA) is 130 Å². The van der Waals surface area contributed by atoms with Gasteiger partial charge in [-0.15, -0.1) is 0 Å². The predicted molar refractivity (Wildman–Crippen MR) is 103 cm³/mol. The van der Waals surface area contributed by atoms with Crippen LogP contribution in [0.3, 0.4) is 0 Å². The van der Waals surface area contributed by atoms with Gasteiger partial charge in [0.25, 0.3) is 10.0 Å². The van der Waals surface area contributed by atoms with Crippen molar-refractivity contribution in [3.05, 3.63) is 41.7 Å². The molecule has 28 heavy (non-hydrogen) atoms. The fourth-order valence-corrected chi connectivity index (χ4v) is 4.95. The molecule has 0 aliphatic heterocycles. The number of aryl methyl sites for hydroxylation is 2. The molecule has 152 valence electrons. The van der Waals surface area contributed by atoms with E-state index in [1.54, 1.807) is 19.9 Å². The number of urea groups is 1. The normalized spacial score (nSPS) is 12.1. The van der Waals surface area contributed by atoms with Gasteiger partial charge < -0.3 is 0 Å². The van der Waals surface area contributed by atoms with Crippen molar-refractivity contribution in [3.63, 3.8) is 0 Å². The Labute approximate surface area is 164 Å². The molecule has 1 N–H and O–H groups in total. The summed E-state index contributed by atoms with van der Waals surface area (Å²) in [5, 5.41) is 0. The second-order valence-corrected chi connectivity index (χ2v) is 9.93. The molecule has 1 heterocycles.